The maximum absolute atomic E-state index is 12.2. The fraction of sp³-hybridized carbons (Fsp3) is 0.429. The zero-order chi connectivity index (χ0) is 14.0. The maximum Gasteiger partial charge on any atom is 0.306 e. The molecule has 1 aromatic rings. The average Bonchev–Trinajstić information content (AvgIpc) is 2.41. The van der Waals surface area contributed by atoms with Crippen molar-refractivity contribution in [3.05, 3.63) is 29.3 Å². The molecule has 2 rings (SSSR count). The van der Waals surface area contributed by atoms with Crippen LogP contribution >= 0.6 is 0 Å². The summed E-state index contributed by atoms with van der Waals surface area (Å²) in [6.07, 6.45) is 0.970. The Balaban J connectivity index is 2.05. The van der Waals surface area contributed by atoms with Crippen molar-refractivity contribution in [1.29, 1.82) is 0 Å². The van der Waals surface area contributed by atoms with Crippen molar-refractivity contribution in [3.63, 3.8) is 0 Å². The number of nitrogens with zero attached hydrogens (tertiary/aromatic N) is 1. The number of carbonyl (C=O) groups excluding carboxylic acids is 1. The normalized spacial score (nSPS) is 16.4. The van der Waals surface area contributed by atoms with Gasteiger partial charge < -0.3 is 15.1 Å². The highest BCUT2D eigenvalue weighted by Gasteiger charge is 2.27. The molecular formula is C14H17NO4. The number of hydrogen-bond acceptors (Lipinski definition) is 3. The number of benzene rings is 1. The molecule has 1 aliphatic heterocycles. The highest BCUT2D eigenvalue weighted by atomic mass is 16.4. The van der Waals surface area contributed by atoms with E-state index in [0.29, 0.717) is 31.5 Å². The fourth-order valence-corrected chi connectivity index (χ4v) is 2.25. The van der Waals surface area contributed by atoms with Gasteiger partial charge in [0.25, 0.3) is 5.91 Å². The highest BCUT2D eigenvalue weighted by Crippen LogP contribution is 2.22. The number of phenols is 1. The van der Waals surface area contributed by atoms with E-state index in [4.69, 9.17) is 5.11 Å². The summed E-state index contributed by atoms with van der Waals surface area (Å²) in [5, 5.41) is 18.5. The third kappa shape index (κ3) is 2.86. The smallest absolute Gasteiger partial charge is 0.306 e. The molecule has 102 valence electrons. The van der Waals surface area contributed by atoms with Gasteiger partial charge in [-0.2, -0.15) is 0 Å². The molecule has 1 amide bonds. The van der Waals surface area contributed by atoms with Gasteiger partial charge in [-0.15, -0.1) is 0 Å². The number of piperidine rings is 1. The minimum Gasteiger partial charge on any atom is -0.508 e. The van der Waals surface area contributed by atoms with Crippen LogP contribution in [0.15, 0.2) is 18.2 Å². The van der Waals surface area contributed by atoms with Gasteiger partial charge in [0.1, 0.15) is 5.75 Å². The second-order valence-corrected chi connectivity index (χ2v) is 4.91. The van der Waals surface area contributed by atoms with E-state index in [1.807, 2.05) is 0 Å². The number of likely N-dealkylation sites (tertiary alicyclic amines) is 1. The van der Waals surface area contributed by atoms with Gasteiger partial charge in [0.2, 0.25) is 0 Å². The van der Waals surface area contributed by atoms with Crippen molar-refractivity contribution in [2.45, 2.75) is 19.8 Å². The summed E-state index contributed by atoms with van der Waals surface area (Å²) in [6, 6.07) is 4.84. The second kappa shape index (κ2) is 5.30. The van der Waals surface area contributed by atoms with Crippen molar-refractivity contribution in [2.75, 3.05) is 13.1 Å². The van der Waals surface area contributed by atoms with Crippen LogP contribution in [-0.4, -0.2) is 40.1 Å². The van der Waals surface area contributed by atoms with E-state index in [1.54, 1.807) is 24.0 Å². The Morgan fingerprint density at radius 3 is 2.42 bits per heavy atom. The van der Waals surface area contributed by atoms with Gasteiger partial charge >= 0.3 is 5.97 Å². The van der Waals surface area contributed by atoms with E-state index in [2.05, 4.69) is 0 Å². The van der Waals surface area contributed by atoms with Gasteiger partial charge in [-0.3, -0.25) is 9.59 Å². The first-order valence-electron chi connectivity index (χ1n) is 6.30. The molecule has 0 aromatic heterocycles. The van der Waals surface area contributed by atoms with E-state index < -0.39 is 5.97 Å². The lowest BCUT2D eigenvalue weighted by Crippen LogP contribution is -2.40. The van der Waals surface area contributed by atoms with Gasteiger partial charge in [-0.1, -0.05) is 6.07 Å². The molecule has 1 saturated heterocycles. The molecule has 5 heteroatoms. The minimum absolute atomic E-state index is 0.103. The number of aryl methyl sites for hydroxylation is 1. The molecule has 0 bridgehead atoms. The van der Waals surface area contributed by atoms with Gasteiger partial charge in [0.15, 0.2) is 0 Å². The first kappa shape index (κ1) is 13.4. The molecular weight excluding hydrogens is 246 g/mol. The van der Waals surface area contributed by atoms with Crippen molar-refractivity contribution in [3.8, 4) is 5.75 Å². The summed E-state index contributed by atoms with van der Waals surface area (Å²) in [7, 11) is 0. The predicted octanol–water partition coefficient (Wildman–Crippen LogP) is 1.64. The van der Waals surface area contributed by atoms with E-state index in [-0.39, 0.29) is 17.6 Å². The van der Waals surface area contributed by atoms with Gasteiger partial charge in [0.05, 0.1) is 5.92 Å². The maximum atomic E-state index is 12.2. The molecule has 19 heavy (non-hydrogen) atoms. The van der Waals surface area contributed by atoms with Crippen molar-refractivity contribution in [2.24, 2.45) is 5.92 Å². The van der Waals surface area contributed by atoms with E-state index in [1.165, 1.54) is 6.07 Å². The van der Waals surface area contributed by atoms with Crippen LogP contribution in [0.2, 0.25) is 0 Å². The Morgan fingerprint density at radius 2 is 1.89 bits per heavy atom. The lowest BCUT2D eigenvalue weighted by Gasteiger charge is -2.30. The van der Waals surface area contributed by atoms with Crippen LogP contribution in [0.3, 0.4) is 0 Å². The summed E-state index contributed by atoms with van der Waals surface area (Å²) in [5.41, 5.74) is 1.16. The number of amides is 1. The van der Waals surface area contributed by atoms with Crippen molar-refractivity contribution >= 4 is 11.9 Å². The number of aliphatic carboxylic acids is 1. The monoisotopic (exact) mass is 263 g/mol. The summed E-state index contributed by atoms with van der Waals surface area (Å²) in [6.45, 7) is 2.66. The third-order valence-electron chi connectivity index (χ3n) is 3.59. The van der Waals surface area contributed by atoms with Crippen LogP contribution in [0.25, 0.3) is 0 Å². The fourth-order valence-electron chi connectivity index (χ4n) is 2.25. The molecule has 1 fully saturated rings. The van der Waals surface area contributed by atoms with E-state index in [0.717, 1.165) is 5.56 Å². The van der Waals surface area contributed by atoms with E-state index in [9.17, 15) is 14.7 Å². The summed E-state index contributed by atoms with van der Waals surface area (Å²) in [4.78, 5) is 24.7. The Kier molecular flexibility index (Phi) is 3.74. The Labute approximate surface area is 111 Å². The summed E-state index contributed by atoms with van der Waals surface area (Å²) < 4.78 is 0. The molecule has 0 spiro atoms. The number of carboxylic acids is 1. The number of carbonyl (C=O) groups is 2. The number of aromatic hydroxyl groups is 1. The molecule has 0 atom stereocenters. The zero-order valence-corrected chi connectivity index (χ0v) is 10.8. The first-order valence-corrected chi connectivity index (χ1v) is 6.30. The predicted molar refractivity (Wildman–Crippen MR) is 69.1 cm³/mol. The standard InChI is InChI=1S/C14H17NO4/c1-9-2-3-11(8-12(9)16)13(17)15-6-4-10(5-7-15)14(18)19/h2-3,8,10,16H,4-7H2,1H3,(H,18,19). The molecule has 2 N–H and O–H groups in total. The van der Waals surface area contributed by atoms with Crippen LogP contribution in [0.1, 0.15) is 28.8 Å². The highest BCUT2D eigenvalue weighted by molar-refractivity contribution is 5.94. The number of carboxylic acid groups (broad SMARTS) is 1. The van der Waals surface area contributed by atoms with Gasteiger partial charge in [-0.25, -0.2) is 0 Å². The lowest BCUT2D eigenvalue weighted by molar-refractivity contribution is -0.143. The summed E-state index contributed by atoms with van der Waals surface area (Å²) in [5.74, 6) is -1.19. The topological polar surface area (TPSA) is 77.8 Å². The molecule has 5 nitrogen and oxygen atoms in total. The van der Waals surface area contributed by atoms with Gasteiger partial charge in [-0.05, 0) is 37.5 Å². The average molecular weight is 263 g/mol. The van der Waals surface area contributed by atoms with Crippen molar-refractivity contribution < 1.29 is 19.8 Å². The molecule has 1 aromatic carbocycles. The largest absolute Gasteiger partial charge is 0.508 e. The second-order valence-electron chi connectivity index (χ2n) is 4.91. The quantitative estimate of drug-likeness (QED) is 0.850. The summed E-state index contributed by atoms with van der Waals surface area (Å²) >= 11 is 0. The Hall–Kier alpha value is -2.04. The van der Waals surface area contributed by atoms with Crippen LogP contribution in [0.5, 0.6) is 5.75 Å². The lowest BCUT2D eigenvalue weighted by atomic mass is 9.96. The molecule has 0 aliphatic carbocycles. The number of rotatable bonds is 2. The number of phenolic OH excluding ortho intramolecular Hbond substituents is 1. The first-order chi connectivity index (χ1) is 8.99. The molecule has 1 heterocycles. The Bertz CT molecular complexity index is 504. The van der Waals surface area contributed by atoms with Crippen LogP contribution in [-0.2, 0) is 4.79 Å². The van der Waals surface area contributed by atoms with Gasteiger partial charge in [0, 0.05) is 18.7 Å². The molecule has 1 aliphatic rings. The van der Waals surface area contributed by atoms with E-state index >= 15 is 0 Å². The van der Waals surface area contributed by atoms with Crippen LogP contribution < -0.4 is 0 Å². The SMILES string of the molecule is Cc1ccc(C(=O)N2CCC(C(=O)O)CC2)cc1O. The number of hydrogen-bond donors (Lipinski definition) is 2. The van der Waals surface area contributed by atoms with Crippen molar-refractivity contribution in [1.82, 2.24) is 4.90 Å². The minimum atomic E-state index is -0.792. The third-order valence-corrected chi connectivity index (χ3v) is 3.59. The van der Waals surface area contributed by atoms with Crippen LogP contribution in [0.4, 0.5) is 0 Å². The molecule has 0 radical (unpaired) electrons. The Morgan fingerprint density at radius 1 is 1.26 bits per heavy atom. The van der Waals surface area contributed by atoms with Crippen LogP contribution in [0, 0.1) is 12.8 Å². The molecule has 0 unspecified atom stereocenters. The zero-order valence-electron chi connectivity index (χ0n) is 10.8. The molecule has 0 saturated carbocycles.